The average molecular weight is 366 g/mol. The van der Waals surface area contributed by atoms with Crippen LogP contribution in [0.4, 0.5) is 0 Å². The molecule has 0 radical (unpaired) electrons. The van der Waals surface area contributed by atoms with Crippen LogP contribution in [0.25, 0.3) is 34.3 Å². The number of nitriles is 1. The Morgan fingerprint density at radius 3 is 2.15 bits per heavy atom. The Balaban J connectivity index is 1.61. The number of allylic oxidation sites excluding steroid dienone is 1. The van der Waals surface area contributed by atoms with Gasteiger partial charge in [0.05, 0.1) is 11.3 Å². The Morgan fingerprint density at radius 1 is 0.889 bits per heavy atom. The molecule has 4 nitrogen and oxygen atoms in total. The smallest absolute Gasteiger partial charge is 0.159 e. The molecule has 0 N–H and O–H groups in total. The molecule has 0 unspecified atom stereocenters. The van der Waals surface area contributed by atoms with Gasteiger partial charge in [0.25, 0.3) is 0 Å². The highest BCUT2D eigenvalue weighted by Crippen LogP contribution is 2.27. The largest absolute Gasteiger partial charge is 0.236 e. The van der Waals surface area contributed by atoms with E-state index in [1.165, 1.54) is 11.3 Å². The van der Waals surface area contributed by atoms with E-state index < -0.39 is 0 Å². The topological polar surface area (TPSA) is 62.5 Å². The molecule has 2 aromatic heterocycles. The summed E-state index contributed by atoms with van der Waals surface area (Å²) in [5.74, 6) is 0.659. The molecule has 5 heteroatoms. The summed E-state index contributed by atoms with van der Waals surface area (Å²) in [4.78, 5) is 13.4. The highest BCUT2D eigenvalue weighted by molar-refractivity contribution is 7.11. The third-order valence-corrected chi connectivity index (χ3v) is 4.81. The molecule has 0 aliphatic rings. The number of thiazole rings is 1. The predicted octanol–water partition coefficient (Wildman–Crippen LogP) is 5.33. The standard InChI is InChI=1S/C22H14N4S/c23-12-19(22-26-20(15-27-22)17-7-3-1-4-8-17)11-16-13-24-21(25-14-16)18-9-5-2-6-10-18/h1-11,13-15H/b19-11-. The number of rotatable bonds is 4. The highest BCUT2D eigenvalue weighted by Gasteiger charge is 2.09. The van der Waals surface area contributed by atoms with Crippen LogP contribution < -0.4 is 0 Å². The summed E-state index contributed by atoms with van der Waals surface area (Å²) in [6.07, 6.45) is 5.21. The number of nitrogens with zero attached hydrogens (tertiary/aromatic N) is 4. The van der Waals surface area contributed by atoms with Gasteiger partial charge in [0.15, 0.2) is 5.82 Å². The van der Waals surface area contributed by atoms with Crippen LogP contribution in [-0.2, 0) is 0 Å². The summed E-state index contributed by atoms with van der Waals surface area (Å²) in [5.41, 5.74) is 4.13. The molecule has 0 amide bonds. The summed E-state index contributed by atoms with van der Waals surface area (Å²) in [7, 11) is 0. The summed E-state index contributed by atoms with van der Waals surface area (Å²) in [5, 5.41) is 12.2. The van der Waals surface area contributed by atoms with Crippen molar-refractivity contribution in [3.8, 4) is 28.7 Å². The monoisotopic (exact) mass is 366 g/mol. The molecule has 128 valence electrons. The average Bonchev–Trinajstić information content (AvgIpc) is 3.24. The van der Waals surface area contributed by atoms with Gasteiger partial charge in [-0.05, 0) is 6.08 Å². The van der Waals surface area contributed by atoms with Gasteiger partial charge in [-0.25, -0.2) is 15.0 Å². The third kappa shape index (κ3) is 3.81. The van der Waals surface area contributed by atoms with Crippen LogP contribution in [0.3, 0.4) is 0 Å². The zero-order valence-corrected chi connectivity index (χ0v) is 15.1. The van der Waals surface area contributed by atoms with Crippen LogP contribution in [0.2, 0.25) is 0 Å². The molecule has 27 heavy (non-hydrogen) atoms. The number of benzene rings is 2. The summed E-state index contributed by atoms with van der Waals surface area (Å²) in [6, 6.07) is 21.9. The van der Waals surface area contributed by atoms with E-state index in [0.29, 0.717) is 16.4 Å². The van der Waals surface area contributed by atoms with Gasteiger partial charge in [0.2, 0.25) is 0 Å². The first-order valence-corrected chi connectivity index (χ1v) is 9.22. The molecule has 0 atom stereocenters. The van der Waals surface area contributed by atoms with Crippen molar-refractivity contribution in [2.75, 3.05) is 0 Å². The van der Waals surface area contributed by atoms with Gasteiger partial charge in [-0.2, -0.15) is 5.26 Å². The molecule has 0 saturated heterocycles. The molecule has 0 aliphatic heterocycles. The Bertz CT molecular complexity index is 1110. The van der Waals surface area contributed by atoms with Crippen molar-refractivity contribution in [3.63, 3.8) is 0 Å². The van der Waals surface area contributed by atoms with Gasteiger partial charge >= 0.3 is 0 Å². The van der Waals surface area contributed by atoms with Gasteiger partial charge in [-0.3, -0.25) is 0 Å². The van der Waals surface area contributed by atoms with E-state index in [4.69, 9.17) is 0 Å². The van der Waals surface area contributed by atoms with Gasteiger partial charge < -0.3 is 0 Å². The van der Waals surface area contributed by atoms with E-state index in [0.717, 1.165) is 22.4 Å². The molecule has 0 saturated carbocycles. The molecule has 2 heterocycles. The quantitative estimate of drug-likeness (QED) is 0.458. The van der Waals surface area contributed by atoms with Crippen molar-refractivity contribution in [1.29, 1.82) is 5.26 Å². The first-order chi connectivity index (χ1) is 13.3. The molecule has 4 aromatic rings. The van der Waals surface area contributed by atoms with Crippen molar-refractivity contribution in [2.45, 2.75) is 0 Å². The molecule has 0 spiro atoms. The fraction of sp³-hybridized carbons (Fsp3) is 0. The first kappa shape index (κ1) is 16.8. The highest BCUT2D eigenvalue weighted by atomic mass is 32.1. The Hall–Kier alpha value is -3.62. The lowest BCUT2D eigenvalue weighted by atomic mass is 10.1. The third-order valence-electron chi connectivity index (χ3n) is 3.94. The summed E-state index contributed by atoms with van der Waals surface area (Å²) < 4.78 is 0. The first-order valence-electron chi connectivity index (χ1n) is 8.34. The molecule has 0 fully saturated rings. The zero-order chi connectivity index (χ0) is 18.5. The van der Waals surface area contributed by atoms with E-state index in [-0.39, 0.29) is 0 Å². The fourth-order valence-corrected chi connectivity index (χ4v) is 3.39. The van der Waals surface area contributed by atoms with Crippen molar-refractivity contribution in [3.05, 3.63) is 89.0 Å². The van der Waals surface area contributed by atoms with Crippen molar-refractivity contribution < 1.29 is 0 Å². The normalized spacial score (nSPS) is 11.1. The molecular formula is C22H14N4S. The maximum atomic E-state index is 9.56. The number of hydrogen-bond acceptors (Lipinski definition) is 5. The minimum Gasteiger partial charge on any atom is -0.236 e. The van der Waals surface area contributed by atoms with E-state index in [1.54, 1.807) is 18.5 Å². The van der Waals surface area contributed by atoms with Gasteiger partial charge in [-0.1, -0.05) is 60.7 Å². The second-order valence-electron chi connectivity index (χ2n) is 5.78. The molecule has 0 aliphatic carbocycles. The maximum Gasteiger partial charge on any atom is 0.159 e. The number of aromatic nitrogens is 3. The van der Waals surface area contributed by atoms with Crippen LogP contribution in [0.15, 0.2) is 78.4 Å². The van der Waals surface area contributed by atoms with Crippen molar-refractivity contribution in [2.24, 2.45) is 0 Å². The predicted molar refractivity (Wildman–Crippen MR) is 109 cm³/mol. The van der Waals surface area contributed by atoms with E-state index in [2.05, 4.69) is 21.0 Å². The Kier molecular flexibility index (Phi) is 4.82. The maximum absolute atomic E-state index is 9.56. The van der Waals surface area contributed by atoms with Crippen molar-refractivity contribution >= 4 is 23.0 Å². The number of hydrogen-bond donors (Lipinski definition) is 0. The van der Waals surface area contributed by atoms with Crippen LogP contribution in [-0.4, -0.2) is 15.0 Å². The lowest BCUT2D eigenvalue weighted by Crippen LogP contribution is -1.89. The van der Waals surface area contributed by atoms with E-state index in [9.17, 15) is 5.26 Å². The minimum atomic E-state index is 0.498. The van der Waals surface area contributed by atoms with Gasteiger partial charge in [0, 0.05) is 34.5 Å². The summed E-state index contributed by atoms with van der Waals surface area (Å²) in [6.45, 7) is 0. The van der Waals surface area contributed by atoms with Crippen LogP contribution >= 0.6 is 11.3 Å². The lowest BCUT2D eigenvalue weighted by Gasteiger charge is -2.00. The van der Waals surface area contributed by atoms with Crippen molar-refractivity contribution in [1.82, 2.24) is 15.0 Å². The molecular weight excluding hydrogens is 352 g/mol. The second-order valence-corrected chi connectivity index (χ2v) is 6.64. The SMILES string of the molecule is N#C/C(=C/c1cnc(-c2ccccc2)nc1)c1nc(-c2ccccc2)cs1. The Morgan fingerprint density at radius 2 is 1.52 bits per heavy atom. The molecule has 4 rings (SSSR count). The van der Waals surface area contributed by atoms with Gasteiger partial charge in [-0.15, -0.1) is 11.3 Å². The minimum absolute atomic E-state index is 0.498. The molecule has 0 bridgehead atoms. The van der Waals surface area contributed by atoms with Crippen LogP contribution in [0.1, 0.15) is 10.6 Å². The van der Waals surface area contributed by atoms with Crippen LogP contribution in [0.5, 0.6) is 0 Å². The van der Waals surface area contributed by atoms with E-state index >= 15 is 0 Å². The van der Waals surface area contributed by atoms with E-state index in [1.807, 2.05) is 66.0 Å². The lowest BCUT2D eigenvalue weighted by molar-refractivity contribution is 1.17. The Labute approximate surface area is 161 Å². The van der Waals surface area contributed by atoms with Crippen LogP contribution in [0, 0.1) is 11.3 Å². The fourth-order valence-electron chi connectivity index (χ4n) is 2.60. The van der Waals surface area contributed by atoms with Gasteiger partial charge in [0.1, 0.15) is 11.1 Å². The second kappa shape index (κ2) is 7.73. The molecule has 2 aromatic carbocycles. The zero-order valence-electron chi connectivity index (χ0n) is 14.3. The summed E-state index contributed by atoms with van der Waals surface area (Å²) >= 11 is 1.45.